The third-order valence-corrected chi connectivity index (χ3v) is 3.80. The molecule has 1 N–H and O–H groups in total. The van der Waals surface area contributed by atoms with E-state index in [1.807, 2.05) is 12.1 Å². The summed E-state index contributed by atoms with van der Waals surface area (Å²) in [5.74, 6) is 1.67. The molecule has 1 aromatic rings. The second-order valence-corrected chi connectivity index (χ2v) is 5.16. The molecule has 1 heterocycles. The zero-order chi connectivity index (χ0) is 13.0. The van der Waals surface area contributed by atoms with E-state index >= 15 is 0 Å². The lowest BCUT2D eigenvalue weighted by Crippen LogP contribution is -2.39. The highest BCUT2D eigenvalue weighted by Gasteiger charge is 2.28. The van der Waals surface area contributed by atoms with Crippen molar-refractivity contribution in [1.29, 1.82) is 0 Å². The maximum Gasteiger partial charge on any atom is 0.123 e. The summed E-state index contributed by atoms with van der Waals surface area (Å²) < 4.78 is 5.46. The summed E-state index contributed by atoms with van der Waals surface area (Å²) >= 11 is 0. The molecule has 2 rings (SSSR count). The Hall–Kier alpha value is -1.06. The first-order valence-corrected chi connectivity index (χ1v) is 6.74. The van der Waals surface area contributed by atoms with Crippen LogP contribution in [0.3, 0.4) is 0 Å². The van der Waals surface area contributed by atoms with Crippen molar-refractivity contribution in [2.24, 2.45) is 5.92 Å². The third kappa shape index (κ3) is 2.85. The van der Waals surface area contributed by atoms with E-state index in [-0.39, 0.29) is 6.61 Å². The number of methoxy groups -OCH3 is 1. The Balaban J connectivity index is 2.23. The zero-order valence-corrected chi connectivity index (χ0v) is 11.3. The van der Waals surface area contributed by atoms with Crippen LogP contribution in [0.25, 0.3) is 0 Å². The van der Waals surface area contributed by atoms with Gasteiger partial charge in [0.05, 0.1) is 13.7 Å². The lowest BCUT2D eigenvalue weighted by Gasteiger charge is -2.39. The minimum Gasteiger partial charge on any atom is -0.496 e. The van der Waals surface area contributed by atoms with Crippen molar-refractivity contribution in [2.45, 2.75) is 25.8 Å². The van der Waals surface area contributed by atoms with Crippen molar-refractivity contribution in [2.75, 3.05) is 26.8 Å². The highest BCUT2D eigenvalue weighted by molar-refractivity contribution is 5.36. The summed E-state index contributed by atoms with van der Waals surface area (Å²) in [7, 11) is 1.72. The van der Waals surface area contributed by atoms with Crippen LogP contribution in [0.5, 0.6) is 5.75 Å². The molecule has 0 saturated carbocycles. The van der Waals surface area contributed by atoms with E-state index in [1.165, 1.54) is 12.0 Å². The number of aliphatic hydroxyl groups excluding tert-OH is 1. The highest BCUT2D eigenvalue weighted by atomic mass is 16.5. The number of hydrogen-bond donors (Lipinski definition) is 1. The highest BCUT2D eigenvalue weighted by Crippen LogP contribution is 2.37. The minimum absolute atomic E-state index is 0.221. The van der Waals surface area contributed by atoms with Gasteiger partial charge in [-0.1, -0.05) is 25.1 Å². The first-order chi connectivity index (χ1) is 8.76. The molecule has 1 aliphatic heterocycles. The van der Waals surface area contributed by atoms with Gasteiger partial charge in [0, 0.05) is 24.7 Å². The van der Waals surface area contributed by atoms with Gasteiger partial charge in [0.15, 0.2) is 0 Å². The third-order valence-electron chi connectivity index (χ3n) is 3.80. The van der Waals surface area contributed by atoms with Crippen LogP contribution in [0.4, 0.5) is 0 Å². The minimum atomic E-state index is 0.221. The first kappa shape index (κ1) is 13.4. The largest absolute Gasteiger partial charge is 0.496 e. The van der Waals surface area contributed by atoms with Crippen LogP contribution in [0, 0.1) is 5.92 Å². The Morgan fingerprint density at radius 2 is 2.11 bits per heavy atom. The Kier molecular flexibility index (Phi) is 4.61. The summed E-state index contributed by atoms with van der Waals surface area (Å²) in [6.07, 6.45) is 2.38. The molecule has 0 amide bonds. The van der Waals surface area contributed by atoms with Gasteiger partial charge < -0.3 is 9.84 Å². The summed E-state index contributed by atoms with van der Waals surface area (Å²) in [5.41, 5.74) is 1.25. The molecule has 0 aliphatic carbocycles. The number of hydrogen-bond acceptors (Lipinski definition) is 3. The number of likely N-dealkylation sites (tertiary alicyclic amines) is 1. The van der Waals surface area contributed by atoms with E-state index in [0.29, 0.717) is 12.0 Å². The molecule has 0 bridgehead atoms. The topological polar surface area (TPSA) is 32.7 Å². The number of piperidine rings is 1. The number of benzene rings is 1. The number of para-hydroxylation sites is 1. The average molecular weight is 249 g/mol. The van der Waals surface area contributed by atoms with Crippen LogP contribution in [0.15, 0.2) is 24.3 Å². The van der Waals surface area contributed by atoms with Crippen molar-refractivity contribution >= 4 is 0 Å². The number of nitrogens with zero attached hydrogens (tertiary/aromatic N) is 1. The lowest BCUT2D eigenvalue weighted by atomic mass is 9.89. The van der Waals surface area contributed by atoms with Crippen LogP contribution >= 0.6 is 0 Å². The first-order valence-electron chi connectivity index (χ1n) is 6.74. The zero-order valence-electron chi connectivity index (χ0n) is 11.3. The predicted octanol–water partition coefficient (Wildman–Crippen LogP) is 2.46. The molecular formula is C15H23NO2. The summed E-state index contributed by atoms with van der Waals surface area (Å²) in [4.78, 5) is 2.38. The second kappa shape index (κ2) is 6.21. The molecule has 2 atom stereocenters. The number of aliphatic hydroxyl groups is 1. The summed E-state index contributed by atoms with van der Waals surface area (Å²) in [6, 6.07) is 8.61. The Labute approximate surface area is 109 Å². The van der Waals surface area contributed by atoms with E-state index < -0.39 is 0 Å². The van der Waals surface area contributed by atoms with Gasteiger partial charge in [-0.15, -0.1) is 0 Å². The van der Waals surface area contributed by atoms with E-state index in [4.69, 9.17) is 4.74 Å². The van der Waals surface area contributed by atoms with E-state index in [9.17, 15) is 5.11 Å². The second-order valence-electron chi connectivity index (χ2n) is 5.16. The van der Waals surface area contributed by atoms with Crippen molar-refractivity contribution in [3.05, 3.63) is 29.8 Å². The maximum atomic E-state index is 9.22. The van der Waals surface area contributed by atoms with Crippen molar-refractivity contribution in [3.63, 3.8) is 0 Å². The number of rotatable bonds is 4. The SMILES string of the molecule is COc1ccccc1[C@H]1CC[C@@H](C)CN1CCO. The molecule has 0 spiro atoms. The van der Waals surface area contributed by atoms with E-state index in [2.05, 4.69) is 24.0 Å². The molecule has 0 unspecified atom stereocenters. The summed E-state index contributed by atoms with van der Waals surface area (Å²) in [5, 5.41) is 9.22. The molecule has 3 nitrogen and oxygen atoms in total. The Morgan fingerprint density at radius 1 is 1.33 bits per heavy atom. The molecule has 1 aromatic carbocycles. The molecule has 1 saturated heterocycles. The fourth-order valence-corrected chi connectivity index (χ4v) is 2.91. The maximum absolute atomic E-state index is 9.22. The number of ether oxygens (including phenoxy) is 1. The normalized spacial score (nSPS) is 25.1. The standard InChI is InChI=1S/C15H23NO2/c1-12-7-8-14(16(11-12)9-10-17)13-5-3-4-6-15(13)18-2/h3-6,12,14,17H,7-11H2,1-2H3/t12-,14-/m1/s1. The van der Waals surface area contributed by atoms with Gasteiger partial charge >= 0.3 is 0 Å². The van der Waals surface area contributed by atoms with E-state index in [0.717, 1.165) is 25.3 Å². The average Bonchev–Trinajstić information content (AvgIpc) is 2.39. The van der Waals surface area contributed by atoms with Gasteiger partial charge in [0.1, 0.15) is 5.75 Å². The molecule has 18 heavy (non-hydrogen) atoms. The summed E-state index contributed by atoms with van der Waals surface area (Å²) in [6.45, 7) is 4.30. The number of β-amino-alcohol motifs (C(OH)–C–C–N with tert-alkyl or cyclic N) is 1. The predicted molar refractivity (Wildman–Crippen MR) is 72.8 cm³/mol. The van der Waals surface area contributed by atoms with Crippen LogP contribution in [0.1, 0.15) is 31.4 Å². The van der Waals surface area contributed by atoms with Gasteiger partial charge in [-0.3, -0.25) is 4.90 Å². The van der Waals surface area contributed by atoms with Gasteiger partial charge in [-0.2, -0.15) is 0 Å². The monoisotopic (exact) mass is 249 g/mol. The molecule has 0 radical (unpaired) electrons. The van der Waals surface area contributed by atoms with Crippen LogP contribution in [-0.4, -0.2) is 36.8 Å². The van der Waals surface area contributed by atoms with Crippen LogP contribution in [0.2, 0.25) is 0 Å². The molecule has 0 aromatic heterocycles. The van der Waals surface area contributed by atoms with Gasteiger partial charge in [0.2, 0.25) is 0 Å². The van der Waals surface area contributed by atoms with Crippen LogP contribution in [-0.2, 0) is 0 Å². The van der Waals surface area contributed by atoms with E-state index in [1.54, 1.807) is 7.11 Å². The molecular weight excluding hydrogens is 226 g/mol. The van der Waals surface area contributed by atoms with Gasteiger partial charge in [0.25, 0.3) is 0 Å². The molecule has 3 heteroatoms. The van der Waals surface area contributed by atoms with Gasteiger partial charge in [-0.25, -0.2) is 0 Å². The molecule has 1 aliphatic rings. The van der Waals surface area contributed by atoms with Gasteiger partial charge in [-0.05, 0) is 24.8 Å². The quantitative estimate of drug-likeness (QED) is 0.889. The Bertz CT molecular complexity index is 381. The fourth-order valence-electron chi connectivity index (χ4n) is 2.91. The molecule has 100 valence electrons. The van der Waals surface area contributed by atoms with Crippen LogP contribution < -0.4 is 4.74 Å². The Morgan fingerprint density at radius 3 is 2.83 bits per heavy atom. The fraction of sp³-hybridized carbons (Fsp3) is 0.600. The molecule has 1 fully saturated rings. The lowest BCUT2D eigenvalue weighted by molar-refractivity contribution is 0.0889. The van der Waals surface area contributed by atoms with Crippen molar-refractivity contribution < 1.29 is 9.84 Å². The van der Waals surface area contributed by atoms with Crippen molar-refractivity contribution in [1.82, 2.24) is 4.90 Å². The van der Waals surface area contributed by atoms with Crippen molar-refractivity contribution in [3.8, 4) is 5.75 Å². The smallest absolute Gasteiger partial charge is 0.123 e.